The van der Waals surface area contributed by atoms with Crippen molar-refractivity contribution in [2.24, 2.45) is 0 Å². The number of benzene rings is 1. The van der Waals surface area contributed by atoms with Gasteiger partial charge in [-0.2, -0.15) is 5.26 Å². The molecule has 0 radical (unpaired) electrons. The quantitative estimate of drug-likeness (QED) is 0.909. The van der Waals surface area contributed by atoms with Crippen LogP contribution in [-0.4, -0.2) is 23.7 Å². The molecule has 1 heterocycles. The number of nitriles is 1. The molecule has 4 nitrogen and oxygen atoms in total. The minimum Gasteiger partial charge on any atom is -0.481 e. The molecule has 5 heteroatoms. The summed E-state index contributed by atoms with van der Waals surface area (Å²) in [6.45, 7) is 0.654. The fourth-order valence-electron chi connectivity index (χ4n) is 2.54. The number of halogens is 1. The van der Waals surface area contributed by atoms with Crippen LogP contribution in [-0.2, 0) is 4.79 Å². The minimum absolute atomic E-state index is 0.0133. The maximum Gasteiger partial charge on any atom is 0.305 e. The van der Waals surface area contributed by atoms with Crippen LogP contribution in [0.5, 0.6) is 0 Å². The van der Waals surface area contributed by atoms with Gasteiger partial charge in [0.2, 0.25) is 0 Å². The van der Waals surface area contributed by atoms with Gasteiger partial charge < -0.3 is 10.0 Å². The molecule has 0 aromatic heterocycles. The summed E-state index contributed by atoms with van der Waals surface area (Å²) in [5, 5.41) is 17.6. The average Bonchev–Trinajstić information content (AvgIpc) is 2.39. The van der Waals surface area contributed by atoms with Crippen LogP contribution in [0.25, 0.3) is 0 Å². The van der Waals surface area contributed by atoms with Gasteiger partial charge in [0.1, 0.15) is 5.82 Å². The average molecular weight is 262 g/mol. The molecule has 0 spiro atoms. The Morgan fingerprint density at radius 3 is 2.95 bits per heavy atom. The second kappa shape index (κ2) is 5.70. The first kappa shape index (κ1) is 13.3. The van der Waals surface area contributed by atoms with Crippen LogP contribution in [0.2, 0.25) is 0 Å². The number of hydrogen-bond acceptors (Lipinski definition) is 3. The van der Waals surface area contributed by atoms with Crippen molar-refractivity contribution in [2.75, 3.05) is 11.4 Å². The summed E-state index contributed by atoms with van der Waals surface area (Å²) in [5.41, 5.74) is 0.665. The van der Waals surface area contributed by atoms with Crippen LogP contribution in [0.3, 0.4) is 0 Å². The van der Waals surface area contributed by atoms with Crippen molar-refractivity contribution in [1.82, 2.24) is 0 Å². The van der Waals surface area contributed by atoms with Crippen LogP contribution in [0.1, 0.15) is 31.2 Å². The second-order valence-corrected chi connectivity index (χ2v) is 4.72. The summed E-state index contributed by atoms with van der Waals surface area (Å²) in [6, 6.07) is 6.04. The first-order valence-corrected chi connectivity index (χ1v) is 6.30. The molecule has 1 aromatic carbocycles. The number of anilines is 1. The minimum atomic E-state index is -0.869. The summed E-state index contributed by atoms with van der Waals surface area (Å²) < 4.78 is 14.0. The van der Waals surface area contributed by atoms with Gasteiger partial charge in [-0.15, -0.1) is 0 Å². The van der Waals surface area contributed by atoms with Crippen molar-refractivity contribution >= 4 is 11.7 Å². The molecule has 1 N–H and O–H groups in total. The molecule has 1 unspecified atom stereocenters. The van der Waals surface area contributed by atoms with Crippen molar-refractivity contribution < 1.29 is 14.3 Å². The Morgan fingerprint density at radius 2 is 2.32 bits per heavy atom. The molecule has 1 fully saturated rings. The van der Waals surface area contributed by atoms with E-state index in [2.05, 4.69) is 0 Å². The van der Waals surface area contributed by atoms with Crippen LogP contribution in [0.4, 0.5) is 10.1 Å². The zero-order valence-electron chi connectivity index (χ0n) is 10.5. The highest BCUT2D eigenvalue weighted by molar-refractivity contribution is 5.68. The van der Waals surface area contributed by atoms with Crippen LogP contribution in [0, 0.1) is 17.1 Å². The molecular formula is C14H15FN2O2. The van der Waals surface area contributed by atoms with Crippen LogP contribution >= 0.6 is 0 Å². The second-order valence-electron chi connectivity index (χ2n) is 4.72. The third-order valence-corrected chi connectivity index (χ3v) is 3.42. The molecule has 0 amide bonds. The Labute approximate surface area is 111 Å². The molecule has 1 aliphatic rings. The Morgan fingerprint density at radius 1 is 1.53 bits per heavy atom. The lowest BCUT2D eigenvalue weighted by Crippen LogP contribution is -2.41. The topological polar surface area (TPSA) is 64.3 Å². The monoisotopic (exact) mass is 262 g/mol. The van der Waals surface area contributed by atoms with E-state index in [1.807, 2.05) is 11.0 Å². The zero-order chi connectivity index (χ0) is 13.8. The predicted octanol–water partition coefficient (Wildman–Crippen LogP) is 2.53. The van der Waals surface area contributed by atoms with Crippen molar-refractivity contribution in [3.05, 3.63) is 29.6 Å². The fraction of sp³-hybridized carbons (Fsp3) is 0.429. The number of piperidine rings is 1. The van der Waals surface area contributed by atoms with E-state index in [9.17, 15) is 9.18 Å². The maximum atomic E-state index is 14.0. The molecule has 1 aromatic rings. The van der Waals surface area contributed by atoms with Gasteiger partial charge in [-0.05, 0) is 37.5 Å². The summed E-state index contributed by atoms with van der Waals surface area (Å²) in [5.74, 6) is -1.33. The predicted molar refractivity (Wildman–Crippen MR) is 68.4 cm³/mol. The van der Waals surface area contributed by atoms with E-state index in [0.29, 0.717) is 12.2 Å². The van der Waals surface area contributed by atoms with Crippen molar-refractivity contribution in [3.8, 4) is 6.07 Å². The summed E-state index contributed by atoms with van der Waals surface area (Å²) >= 11 is 0. The van der Waals surface area contributed by atoms with E-state index in [1.54, 1.807) is 12.1 Å². The normalized spacial score (nSPS) is 18.9. The van der Waals surface area contributed by atoms with E-state index in [-0.39, 0.29) is 18.0 Å². The molecule has 0 bridgehead atoms. The highest BCUT2D eigenvalue weighted by Gasteiger charge is 2.26. The Hall–Kier alpha value is -2.09. The molecule has 100 valence electrons. The molecule has 0 saturated carbocycles. The first-order chi connectivity index (χ1) is 9.11. The number of nitrogens with zero attached hydrogens (tertiary/aromatic N) is 2. The fourth-order valence-corrected chi connectivity index (χ4v) is 2.54. The van der Waals surface area contributed by atoms with Crippen molar-refractivity contribution in [3.63, 3.8) is 0 Å². The number of rotatable bonds is 3. The molecule has 2 rings (SSSR count). The molecule has 19 heavy (non-hydrogen) atoms. The Balaban J connectivity index is 2.27. The number of hydrogen-bond donors (Lipinski definition) is 1. The smallest absolute Gasteiger partial charge is 0.305 e. The van der Waals surface area contributed by atoms with Gasteiger partial charge >= 0.3 is 5.97 Å². The third-order valence-electron chi connectivity index (χ3n) is 3.42. The van der Waals surface area contributed by atoms with Crippen molar-refractivity contribution in [1.29, 1.82) is 5.26 Å². The highest BCUT2D eigenvalue weighted by atomic mass is 19.1. The molecular weight excluding hydrogens is 247 g/mol. The standard InChI is InChI=1S/C14H15FN2O2/c15-12-7-10(9-16)4-5-13(12)17-6-2-1-3-11(17)8-14(18)19/h4-5,7,11H,1-3,6,8H2,(H,18,19). The number of carboxylic acids is 1. The summed E-state index contributed by atoms with van der Waals surface area (Å²) in [4.78, 5) is 12.7. The number of carboxylic acid groups (broad SMARTS) is 1. The van der Waals surface area contributed by atoms with E-state index >= 15 is 0 Å². The molecule has 1 atom stereocenters. The summed E-state index contributed by atoms with van der Waals surface area (Å²) in [7, 11) is 0. The number of carbonyl (C=O) groups is 1. The van der Waals surface area contributed by atoms with E-state index < -0.39 is 11.8 Å². The lowest BCUT2D eigenvalue weighted by molar-refractivity contribution is -0.137. The van der Waals surface area contributed by atoms with Gasteiger partial charge in [0, 0.05) is 12.6 Å². The lowest BCUT2D eigenvalue weighted by Gasteiger charge is -2.37. The Kier molecular flexibility index (Phi) is 4.00. The molecule has 1 saturated heterocycles. The van der Waals surface area contributed by atoms with E-state index in [4.69, 9.17) is 10.4 Å². The largest absolute Gasteiger partial charge is 0.481 e. The van der Waals surface area contributed by atoms with Gasteiger partial charge in [0.15, 0.2) is 0 Å². The zero-order valence-corrected chi connectivity index (χ0v) is 10.5. The molecule has 1 aliphatic heterocycles. The lowest BCUT2D eigenvalue weighted by atomic mass is 9.98. The van der Waals surface area contributed by atoms with Gasteiger partial charge in [0.05, 0.1) is 23.7 Å². The molecule has 0 aliphatic carbocycles. The first-order valence-electron chi connectivity index (χ1n) is 6.30. The van der Waals surface area contributed by atoms with Gasteiger partial charge in [0.25, 0.3) is 0 Å². The van der Waals surface area contributed by atoms with E-state index in [1.165, 1.54) is 6.07 Å². The maximum absolute atomic E-state index is 14.0. The Bertz CT molecular complexity index is 525. The SMILES string of the molecule is N#Cc1ccc(N2CCCCC2CC(=O)O)c(F)c1. The van der Waals surface area contributed by atoms with Gasteiger partial charge in [-0.25, -0.2) is 4.39 Å². The van der Waals surface area contributed by atoms with Gasteiger partial charge in [-0.1, -0.05) is 0 Å². The van der Waals surface area contributed by atoms with Crippen molar-refractivity contribution in [2.45, 2.75) is 31.7 Å². The van der Waals surface area contributed by atoms with Gasteiger partial charge in [-0.3, -0.25) is 4.79 Å². The number of aliphatic carboxylic acids is 1. The van der Waals surface area contributed by atoms with Crippen LogP contribution < -0.4 is 4.90 Å². The van der Waals surface area contributed by atoms with Crippen LogP contribution in [0.15, 0.2) is 18.2 Å². The third kappa shape index (κ3) is 3.02. The summed E-state index contributed by atoms with van der Waals surface area (Å²) in [6.07, 6.45) is 2.66. The highest BCUT2D eigenvalue weighted by Crippen LogP contribution is 2.29. The van der Waals surface area contributed by atoms with E-state index in [0.717, 1.165) is 19.3 Å².